The van der Waals surface area contributed by atoms with E-state index in [1.165, 1.54) is 16.8 Å². The van der Waals surface area contributed by atoms with Gasteiger partial charge in [0.2, 0.25) is 0 Å². The molecular formula is C16H11FN6O3. The first-order valence-corrected chi connectivity index (χ1v) is 7.51. The lowest BCUT2D eigenvalue weighted by atomic mass is 10.2. The summed E-state index contributed by atoms with van der Waals surface area (Å²) in [6.07, 6.45) is 0. The van der Waals surface area contributed by atoms with Crippen molar-refractivity contribution in [2.45, 2.75) is 6.61 Å². The summed E-state index contributed by atoms with van der Waals surface area (Å²) in [5.74, 6) is -0.670. The molecule has 130 valence electrons. The number of hydrogen-bond donors (Lipinski definition) is 1. The smallest absolute Gasteiger partial charge is 0.439 e. The van der Waals surface area contributed by atoms with Gasteiger partial charge in [-0.25, -0.2) is 9.18 Å². The molecule has 0 unspecified atom stereocenters. The molecule has 0 saturated carbocycles. The summed E-state index contributed by atoms with van der Waals surface area (Å²) in [7, 11) is 0. The Bertz CT molecular complexity index is 1090. The van der Waals surface area contributed by atoms with Gasteiger partial charge in [-0.1, -0.05) is 34.5 Å². The number of nitrogens with one attached hydrogen (secondary N) is 1. The first kappa shape index (κ1) is 15.7. The van der Waals surface area contributed by atoms with Crippen molar-refractivity contribution in [2.75, 3.05) is 0 Å². The minimum absolute atomic E-state index is 0.167. The van der Waals surface area contributed by atoms with Crippen LogP contribution in [0.5, 0.6) is 6.01 Å². The van der Waals surface area contributed by atoms with Gasteiger partial charge in [-0.15, -0.1) is 0 Å². The Balaban J connectivity index is 1.58. The van der Waals surface area contributed by atoms with Crippen molar-refractivity contribution in [3.8, 4) is 23.1 Å². The van der Waals surface area contributed by atoms with Gasteiger partial charge >= 0.3 is 11.8 Å². The van der Waals surface area contributed by atoms with E-state index in [1.54, 1.807) is 36.4 Å². The topological polar surface area (TPSA) is 112 Å². The van der Waals surface area contributed by atoms with Crippen LogP contribution in [0.4, 0.5) is 4.39 Å². The predicted molar refractivity (Wildman–Crippen MR) is 86.0 cm³/mol. The minimum atomic E-state index is -0.642. The quantitative estimate of drug-likeness (QED) is 0.581. The summed E-state index contributed by atoms with van der Waals surface area (Å²) in [4.78, 5) is 13.6. The number of benzene rings is 2. The third-order valence-electron chi connectivity index (χ3n) is 3.53. The lowest BCUT2D eigenvalue weighted by Gasteiger charge is -2.07. The van der Waals surface area contributed by atoms with E-state index in [-0.39, 0.29) is 18.4 Å². The van der Waals surface area contributed by atoms with Crippen LogP contribution in [0.15, 0.2) is 57.8 Å². The average Bonchev–Trinajstić information content (AvgIpc) is 3.30. The van der Waals surface area contributed by atoms with Crippen molar-refractivity contribution >= 4 is 0 Å². The second-order valence-electron chi connectivity index (χ2n) is 5.28. The molecule has 9 nitrogen and oxygen atoms in total. The van der Waals surface area contributed by atoms with Gasteiger partial charge in [0.15, 0.2) is 5.82 Å². The van der Waals surface area contributed by atoms with Crippen LogP contribution in [0, 0.1) is 5.82 Å². The summed E-state index contributed by atoms with van der Waals surface area (Å²) in [6.45, 7) is 0.178. The molecular weight excluding hydrogens is 343 g/mol. The summed E-state index contributed by atoms with van der Waals surface area (Å²) < 4.78 is 24.5. The summed E-state index contributed by atoms with van der Waals surface area (Å²) in [6, 6.07) is 13.1. The van der Waals surface area contributed by atoms with Crippen LogP contribution >= 0.6 is 0 Å². The Morgan fingerprint density at radius 2 is 2.04 bits per heavy atom. The average molecular weight is 354 g/mol. The second-order valence-corrected chi connectivity index (χ2v) is 5.28. The number of tetrazole rings is 1. The lowest BCUT2D eigenvalue weighted by Crippen LogP contribution is -2.04. The molecule has 0 fully saturated rings. The maximum Gasteiger partial charge on any atom is 0.439 e. The Morgan fingerprint density at radius 3 is 2.81 bits per heavy atom. The molecule has 2 heterocycles. The van der Waals surface area contributed by atoms with Crippen molar-refractivity contribution in [3.63, 3.8) is 0 Å². The molecule has 4 aromatic rings. The fourth-order valence-electron chi connectivity index (χ4n) is 2.30. The SMILES string of the molecule is O=c1[nH]c(-c2cccc(-n3nnnc3OCc3ccc(F)cc3)c2)no1. The van der Waals surface area contributed by atoms with E-state index in [4.69, 9.17) is 4.74 Å². The summed E-state index contributed by atoms with van der Waals surface area (Å²) >= 11 is 0. The van der Waals surface area contributed by atoms with Crippen LogP contribution in [0.3, 0.4) is 0 Å². The zero-order valence-corrected chi connectivity index (χ0v) is 13.2. The molecule has 0 radical (unpaired) electrons. The molecule has 2 aromatic heterocycles. The molecule has 0 aliphatic carbocycles. The maximum absolute atomic E-state index is 13.0. The van der Waals surface area contributed by atoms with E-state index in [0.717, 1.165) is 5.56 Å². The monoisotopic (exact) mass is 354 g/mol. The Hall–Kier alpha value is -3.82. The molecule has 2 aromatic carbocycles. The van der Waals surface area contributed by atoms with Crippen LogP contribution in [-0.2, 0) is 6.61 Å². The fourth-order valence-corrected chi connectivity index (χ4v) is 2.30. The molecule has 10 heteroatoms. The van der Waals surface area contributed by atoms with E-state index in [9.17, 15) is 9.18 Å². The number of rotatable bonds is 5. The number of ether oxygens (including phenoxy) is 1. The largest absolute Gasteiger partial charge is 0.457 e. The summed E-state index contributed by atoms with van der Waals surface area (Å²) in [5.41, 5.74) is 1.99. The van der Waals surface area contributed by atoms with Crippen molar-refractivity contribution in [3.05, 3.63) is 70.5 Å². The highest BCUT2D eigenvalue weighted by Crippen LogP contribution is 2.20. The van der Waals surface area contributed by atoms with Gasteiger partial charge in [-0.05, 0) is 40.3 Å². The Morgan fingerprint density at radius 1 is 1.19 bits per heavy atom. The molecule has 0 spiro atoms. The molecule has 0 amide bonds. The van der Waals surface area contributed by atoms with Gasteiger partial charge < -0.3 is 4.74 Å². The number of hydrogen-bond acceptors (Lipinski definition) is 7. The Labute approximate surface area is 145 Å². The molecule has 0 bridgehead atoms. The molecule has 0 atom stereocenters. The normalized spacial score (nSPS) is 10.8. The van der Waals surface area contributed by atoms with Crippen molar-refractivity contribution < 1.29 is 13.7 Å². The van der Waals surface area contributed by atoms with Gasteiger partial charge in [0.05, 0.1) is 5.69 Å². The van der Waals surface area contributed by atoms with Gasteiger partial charge in [-0.2, -0.15) is 4.68 Å². The summed E-state index contributed by atoms with van der Waals surface area (Å²) in [5, 5.41) is 15.0. The first-order chi connectivity index (χ1) is 12.7. The fraction of sp³-hybridized carbons (Fsp3) is 0.0625. The third kappa shape index (κ3) is 3.20. The highest BCUT2D eigenvalue weighted by molar-refractivity contribution is 5.58. The number of halogens is 1. The van der Waals surface area contributed by atoms with Crippen molar-refractivity contribution in [1.29, 1.82) is 0 Å². The van der Waals surface area contributed by atoms with Crippen LogP contribution < -0.4 is 10.5 Å². The molecule has 26 heavy (non-hydrogen) atoms. The number of nitrogens with zero attached hydrogens (tertiary/aromatic N) is 5. The minimum Gasteiger partial charge on any atom is -0.457 e. The van der Waals surface area contributed by atoms with Gasteiger partial charge in [0.25, 0.3) is 0 Å². The number of H-pyrrole nitrogens is 1. The zero-order valence-electron chi connectivity index (χ0n) is 13.2. The van der Waals surface area contributed by atoms with E-state index in [0.29, 0.717) is 17.1 Å². The van der Waals surface area contributed by atoms with Crippen molar-refractivity contribution in [2.24, 2.45) is 0 Å². The molecule has 4 rings (SSSR count). The van der Waals surface area contributed by atoms with Crippen molar-refractivity contribution in [1.82, 2.24) is 30.3 Å². The van der Waals surface area contributed by atoms with Crippen LogP contribution in [0.25, 0.3) is 17.1 Å². The van der Waals surface area contributed by atoms with Gasteiger partial charge in [0.1, 0.15) is 12.4 Å². The standard InChI is InChI=1S/C16H11FN6O3/c17-12-6-4-10(5-7-12)9-25-15-19-21-22-23(15)13-3-1-2-11(8-13)14-18-16(24)26-20-14/h1-8H,9H2,(H,18,20,24). The van der Waals surface area contributed by atoms with E-state index in [2.05, 4.69) is 30.2 Å². The first-order valence-electron chi connectivity index (χ1n) is 7.51. The molecule has 0 aliphatic heterocycles. The number of aromatic amines is 1. The predicted octanol–water partition coefficient (Wildman–Crippen LogP) is 1.72. The molecule has 1 N–H and O–H groups in total. The zero-order chi connectivity index (χ0) is 17.9. The van der Waals surface area contributed by atoms with Crippen LogP contribution in [0.2, 0.25) is 0 Å². The molecule has 0 saturated heterocycles. The Kier molecular flexibility index (Phi) is 3.98. The van der Waals surface area contributed by atoms with Crippen LogP contribution in [0.1, 0.15) is 5.56 Å². The highest BCUT2D eigenvalue weighted by Gasteiger charge is 2.12. The second kappa shape index (κ2) is 6.59. The lowest BCUT2D eigenvalue weighted by molar-refractivity contribution is 0.273. The van der Waals surface area contributed by atoms with E-state index >= 15 is 0 Å². The third-order valence-corrected chi connectivity index (χ3v) is 3.53. The van der Waals surface area contributed by atoms with Crippen LogP contribution in [-0.4, -0.2) is 30.3 Å². The number of aromatic nitrogens is 6. The van der Waals surface area contributed by atoms with Gasteiger partial charge in [-0.3, -0.25) is 9.51 Å². The molecule has 0 aliphatic rings. The van der Waals surface area contributed by atoms with E-state index < -0.39 is 5.76 Å². The highest BCUT2D eigenvalue weighted by atomic mass is 19.1. The van der Waals surface area contributed by atoms with E-state index in [1.807, 2.05) is 0 Å². The van der Waals surface area contributed by atoms with Gasteiger partial charge in [0, 0.05) is 5.56 Å². The maximum atomic E-state index is 13.0.